The fourth-order valence-corrected chi connectivity index (χ4v) is 2.09. The Morgan fingerprint density at radius 1 is 1.25 bits per heavy atom. The first-order valence-corrected chi connectivity index (χ1v) is 6.39. The number of aryl methyl sites for hydroxylation is 1. The quantitative estimate of drug-likeness (QED) is 0.738. The van der Waals surface area contributed by atoms with Gasteiger partial charge in [0.2, 0.25) is 0 Å². The van der Waals surface area contributed by atoms with Crippen LogP contribution < -0.4 is 11.5 Å². The lowest BCUT2D eigenvalue weighted by Crippen LogP contribution is -2.20. The second-order valence-corrected chi connectivity index (χ2v) is 4.75. The normalized spacial score (nSPS) is 12.8. The number of fused-ring (bicyclic) bond motifs is 1. The molecule has 3 rings (SSSR count). The molecule has 2 aromatic heterocycles. The van der Waals surface area contributed by atoms with Gasteiger partial charge >= 0.3 is 0 Å². The first-order chi connectivity index (χ1) is 9.67. The minimum absolute atomic E-state index is 0.178. The Balaban J connectivity index is 2.09. The number of hydrogen-bond acceptors (Lipinski definition) is 5. The smallest absolute Gasteiger partial charge is 0.0924 e. The Labute approximate surface area is 116 Å². The van der Waals surface area contributed by atoms with E-state index in [0.717, 1.165) is 27.9 Å². The highest BCUT2D eigenvalue weighted by Gasteiger charge is 2.08. The second-order valence-electron chi connectivity index (χ2n) is 4.75. The van der Waals surface area contributed by atoms with Crippen molar-refractivity contribution in [1.29, 1.82) is 0 Å². The van der Waals surface area contributed by atoms with Crippen molar-refractivity contribution in [3.8, 4) is 11.3 Å². The highest BCUT2D eigenvalue weighted by atomic mass is 15.2. The maximum atomic E-state index is 5.95. The molecule has 0 saturated carbocycles. The van der Waals surface area contributed by atoms with Crippen LogP contribution in [0.5, 0.6) is 0 Å². The fourth-order valence-electron chi connectivity index (χ4n) is 2.09. The molecule has 1 unspecified atom stereocenters. The summed E-state index contributed by atoms with van der Waals surface area (Å²) in [6.07, 6.45) is 5.43. The monoisotopic (exact) mass is 268 g/mol. The number of hydrogen-bond donors (Lipinski definition) is 2. The molecule has 6 heteroatoms. The molecular weight excluding hydrogens is 252 g/mol. The molecule has 0 fully saturated rings. The minimum Gasteiger partial charge on any atom is -0.329 e. The predicted molar refractivity (Wildman–Crippen MR) is 77.7 cm³/mol. The van der Waals surface area contributed by atoms with E-state index in [4.69, 9.17) is 11.5 Å². The summed E-state index contributed by atoms with van der Waals surface area (Å²) < 4.78 is 1.74. The SMILES string of the molecule is Cn1cc(-c2cnc3ccc(C(N)CN)cc3n2)cn1. The third-order valence-electron chi connectivity index (χ3n) is 3.25. The number of aromatic nitrogens is 4. The summed E-state index contributed by atoms with van der Waals surface area (Å²) in [6, 6.07) is 5.63. The van der Waals surface area contributed by atoms with E-state index in [1.165, 1.54) is 0 Å². The molecule has 0 aliphatic rings. The largest absolute Gasteiger partial charge is 0.329 e. The first-order valence-electron chi connectivity index (χ1n) is 6.39. The van der Waals surface area contributed by atoms with Crippen LogP contribution in [0.4, 0.5) is 0 Å². The summed E-state index contributed by atoms with van der Waals surface area (Å²) >= 11 is 0. The summed E-state index contributed by atoms with van der Waals surface area (Å²) in [5.41, 5.74) is 15.9. The molecule has 4 N–H and O–H groups in total. The lowest BCUT2D eigenvalue weighted by molar-refractivity contribution is 0.738. The maximum absolute atomic E-state index is 5.95. The van der Waals surface area contributed by atoms with Gasteiger partial charge in [-0.1, -0.05) is 6.07 Å². The van der Waals surface area contributed by atoms with Crippen molar-refractivity contribution in [1.82, 2.24) is 19.7 Å². The average Bonchev–Trinajstić information content (AvgIpc) is 2.92. The van der Waals surface area contributed by atoms with Crippen LogP contribution in [-0.2, 0) is 7.05 Å². The van der Waals surface area contributed by atoms with Crippen LogP contribution in [0.1, 0.15) is 11.6 Å². The number of rotatable bonds is 3. The lowest BCUT2D eigenvalue weighted by Gasteiger charge is -2.09. The van der Waals surface area contributed by atoms with Gasteiger partial charge in [0.25, 0.3) is 0 Å². The van der Waals surface area contributed by atoms with E-state index in [-0.39, 0.29) is 6.04 Å². The molecule has 0 bridgehead atoms. The van der Waals surface area contributed by atoms with E-state index in [9.17, 15) is 0 Å². The van der Waals surface area contributed by atoms with Gasteiger partial charge in [0.1, 0.15) is 0 Å². The van der Waals surface area contributed by atoms with Gasteiger partial charge in [-0.3, -0.25) is 9.67 Å². The Morgan fingerprint density at radius 3 is 2.80 bits per heavy atom. The van der Waals surface area contributed by atoms with Crippen LogP contribution in [0.25, 0.3) is 22.3 Å². The molecule has 0 amide bonds. The highest BCUT2D eigenvalue weighted by Crippen LogP contribution is 2.20. The summed E-state index contributed by atoms with van der Waals surface area (Å²) in [6.45, 7) is 0.404. The van der Waals surface area contributed by atoms with Gasteiger partial charge in [-0.15, -0.1) is 0 Å². The van der Waals surface area contributed by atoms with Gasteiger partial charge in [0, 0.05) is 31.4 Å². The molecule has 6 nitrogen and oxygen atoms in total. The Hall–Kier alpha value is -2.31. The number of benzene rings is 1. The Morgan fingerprint density at radius 2 is 2.10 bits per heavy atom. The molecule has 0 aliphatic heterocycles. The molecule has 0 saturated heterocycles. The Kier molecular flexibility index (Phi) is 3.17. The van der Waals surface area contributed by atoms with Gasteiger partial charge in [-0.05, 0) is 17.7 Å². The first kappa shape index (κ1) is 12.7. The van der Waals surface area contributed by atoms with E-state index in [0.29, 0.717) is 6.54 Å². The van der Waals surface area contributed by atoms with Crippen molar-refractivity contribution < 1.29 is 0 Å². The molecule has 1 atom stereocenters. The van der Waals surface area contributed by atoms with E-state index in [2.05, 4.69) is 15.1 Å². The van der Waals surface area contributed by atoms with Crippen LogP contribution in [0.15, 0.2) is 36.8 Å². The van der Waals surface area contributed by atoms with Crippen molar-refractivity contribution in [2.45, 2.75) is 6.04 Å². The maximum Gasteiger partial charge on any atom is 0.0924 e. The van der Waals surface area contributed by atoms with Crippen molar-refractivity contribution in [3.63, 3.8) is 0 Å². The van der Waals surface area contributed by atoms with Crippen molar-refractivity contribution >= 4 is 11.0 Å². The zero-order valence-electron chi connectivity index (χ0n) is 11.2. The van der Waals surface area contributed by atoms with Gasteiger partial charge in [-0.25, -0.2) is 4.98 Å². The molecule has 0 aliphatic carbocycles. The third kappa shape index (κ3) is 2.26. The molecule has 20 heavy (non-hydrogen) atoms. The summed E-state index contributed by atoms with van der Waals surface area (Å²) in [5.74, 6) is 0. The minimum atomic E-state index is -0.178. The van der Waals surface area contributed by atoms with Crippen LogP contribution in [0.2, 0.25) is 0 Å². The van der Waals surface area contributed by atoms with E-state index in [1.807, 2.05) is 31.4 Å². The predicted octanol–water partition coefficient (Wildman–Crippen LogP) is 0.989. The molecule has 3 aromatic rings. The zero-order chi connectivity index (χ0) is 14.1. The van der Waals surface area contributed by atoms with Gasteiger partial charge < -0.3 is 11.5 Å². The van der Waals surface area contributed by atoms with E-state index in [1.54, 1.807) is 17.1 Å². The number of nitrogens with zero attached hydrogens (tertiary/aromatic N) is 4. The summed E-state index contributed by atoms with van der Waals surface area (Å²) in [5, 5.41) is 4.14. The van der Waals surface area contributed by atoms with Crippen molar-refractivity contribution in [2.24, 2.45) is 18.5 Å². The van der Waals surface area contributed by atoms with Gasteiger partial charge in [0.05, 0.1) is 29.1 Å². The number of nitrogens with two attached hydrogens (primary N) is 2. The molecule has 102 valence electrons. The fraction of sp³-hybridized carbons (Fsp3) is 0.214. The van der Waals surface area contributed by atoms with Crippen LogP contribution in [-0.4, -0.2) is 26.3 Å². The Bertz CT molecular complexity index is 748. The van der Waals surface area contributed by atoms with E-state index < -0.39 is 0 Å². The average molecular weight is 268 g/mol. The molecule has 0 radical (unpaired) electrons. The molecule has 2 heterocycles. The van der Waals surface area contributed by atoms with Gasteiger partial charge in [-0.2, -0.15) is 5.10 Å². The van der Waals surface area contributed by atoms with Crippen LogP contribution in [0, 0.1) is 0 Å². The van der Waals surface area contributed by atoms with E-state index >= 15 is 0 Å². The standard InChI is InChI=1S/C14H16N6/c1-20-8-10(6-18-20)14-7-17-12-3-2-9(11(16)5-15)4-13(12)19-14/h2-4,6-8,11H,5,15-16H2,1H3. The van der Waals surface area contributed by atoms with Gasteiger partial charge in [0.15, 0.2) is 0 Å². The summed E-state index contributed by atoms with van der Waals surface area (Å²) in [7, 11) is 1.87. The second kappa shape index (κ2) is 4.99. The lowest BCUT2D eigenvalue weighted by atomic mass is 10.1. The van der Waals surface area contributed by atoms with Crippen molar-refractivity contribution in [2.75, 3.05) is 6.54 Å². The third-order valence-corrected chi connectivity index (χ3v) is 3.25. The molecule has 1 aromatic carbocycles. The highest BCUT2D eigenvalue weighted by molar-refractivity contribution is 5.77. The van der Waals surface area contributed by atoms with Crippen molar-refractivity contribution in [3.05, 3.63) is 42.4 Å². The molecule has 0 spiro atoms. The van der Waals surface area contributed by atoms with Crippen LogP contribution in [0.3, 0.4) is 0 Å². The summed E-state index contributed by atoms with van der Waals surface area (Å²) in [4.78, 5) is 9.05. The zero-order valence-corrected chi connectivity index (χ0v) is 11.2. The molecular formula is C14H16N6. The topological polar surface area (TPSA) is 95.6 Å². The van der Waals surface area contributed by atoms with Crippen LogP contribution >= 0.6 is 0 Å².